The number of halogens is 1. The van der Waals surface area contributed by atoms with Crippen LogP contribution in [-0.4, -0.2) is 39.6 Å². The minimum atomic E-state index is -0.998. The van der Waals surface area contributed by atoms with Gasteiger partial charge in [0.15, 0.2) is 0 Å². The maximum atomic E-state index is 13.7. The van der Waals surface area contributed by atoms with E-state index in [1.54, 1.807) is 42.5 Å². The number of rotatable bonds is 8. The Hall–Kier alpha value is -4.44. The maximum Gasteiger partial charge on any atom is 0.335 e. The van der Waals surface area contributed by atoms with Crippen molar-refractivity contribution in [2.75, 3.05) is 11.9 Å². The van der Waals surface area contributed by atoms with Crippen molar-refractivity contribution in [1.29, 1.82) is 0 Å². The van der Waals surface area contributed by atoms with Gasteiger partial charge in [0.25, 0.3) is 11.1 Å². The highest BCUT2D eigenvalue weighted by Gasteiger charge is 2.36. The van der Waals surface area contributed by atoms with E-state index in [2.05, 4.69) is 5.32 Å². The van der Waals surface area contributed by atoms with Crippen LogP contribution < -0.4 is 10.1 Å². The zero-order valence-electron chi connectivity index (χ0n) is 18.6. The molecule has 8 nitrogen and oxygen atoms in total. The number of aromatic carboxylic acids is 1. The molecule has 0 aromatic heterocycles. The lowest BCUT2D eigenvalue weighted by Crippen LogP contribution is -2.36. The third-order valence-corrected chi connectivity index (χ3v) is 6.01. The van der Waals surface area contributed by atoms with Gasteiger partial charge in [-0.15, -0.1) is 0 Å². The van der Waals surface area contributed by atoms with Crippen LogP contribution in [0.4, 0.5) is 14.9 Å². The number of para-hydroxylation sites is 1. The summed E-state index contributed by atoms with van der Waals surface area (Å²) in [5, 5.41) is 10.7. The summed E-state index contributed by atoms with van der Waals surface area (Å²) in [5.74, 6) is -2.36. The van der Waals surface area contributed by atoms with E-state index in [4.69, 9.17) is 9.84 Å². The van der Waals surface area contributed by atoms with Gasteiger partial charge in [0.2, 0.25) is 5.91 Å². The molecule has 0 atom stereocenters. The van der Waals surface area contributed by atoms with Crippen molar-refractivity contribution < 1.29 is 33.4 Å². The van der Waals surface area contributed by atoms with E-state index in [0.717, 1.165) is 10.5 Å². The molecule has 0 spiro atoms. The number of anilines is 1. The number of carboxylic acid groups (broad SMARTS) is 1. The number of amides is 3. The highest BCUT2D eigenvalue weighted by atomic mass is 32.2. The molecule has 1 aliphatic rings. The summed E-state index contributed by atoms with van der Waals surface area (Å²) in [4.78, 5) is 49.1. The van der Waals surface area contributed by atoms with Crippen molar-refractivity contribution in [3.05, 3.63) is 100 Å². The topological polar surface area (TPSA) is 113 Å². The monoisotopic (exact) mass is 506 g/mol. The van der Waals surface area contributed by atoms with Gasteiger partial charge in [0.1, 0.15) is 24.7 Å². The molecule has 1 heterocycles. The molecule has 3 aromatic rings. The second-order valence-corrected chi connectivity index (χ2v) is 8.65. The minimum Gasteiger partial charge on any atom is -0.489 e. The molecule has 1 saturated heterocycles. The van der Waals surface area contributed by atoms with Gasteiger partial charge in [0.05, 0.1) is 16.2 Å². The SMILES string of the molecule is O=C(CN1C(=O)S/C(=C\c2ccc(OCc3ccc(C(=O)O)cc3)cc2)C1=O)Nc1ccccc1F. The first-order chi connectivity index (χ1) is 17.3. The normalized spacial score (nSPS) is 14.2. The molecule has 182 valence electrons. The second kappa shape index (κ2) is 10.9. The van der Waals surface area contributed by atoms with E-state index in [1.165, 1.54) is 36.4 Å². The molecule has 3 amide bonds. The molecule has 0 saturated carbocycles. The number of carbonyl (C=O) groups excluding carboxylic acids is 3. The van der Waals surface area contributed by atoms with Gasteiger partial charge in [-0.2, -0.15) is 0 Å². The molecule has 0 unspecified atom stereocenters. The van der Waals surface area contributed by atoms with Crippen LogP contribution in [0.15, 0.2) is 77.7 Å². The number of hydrogen-bond acceptors (Lipinski definition) is 6. The van der Waals surface area contributed by atoms with E-state index in [-0.39, 0.29) is 22.8 Å². The van der Waals surface area contributed by atoms with Crippen LogP contribution in [0.3, 0.4) is 0 Å². The fourth-order valence-corrected chi connectivity index (χ4v) is 4.09. The van der Waals surface area contributed by atoms with Crippen molar-refractivity contribution in [1.82, 2.24) is 4.90 Å². The Labute approximate surface area is 209 Å². The summed E-state index contributed by atoms with van der Waals surface area (Å²) in [7, 11) is 0. The third kappa shape index (κ3) is 5.97. The first kappa shape index (κ1) is 24.7. The molecule has 10 heteroatoms. The number of thioether (sulfide) groups is 1. The zero-order chi connectivity index (χ0) is 25.7. The lowest BCUT2D eigenvalue weighted by atomic mass is 10.1. The highest BCUT2D eigenvalue weighted by Crippen LogP contribution is 2.32. The van der Waals surface area contributed by atoms with Crippen molar-refractivity contribution in [2.24, 2.45) is 0 Å². The van der Waals surface area contributed by atoms with Crippen molar-refractivity contribution in [3.8, 4) is 5.75 Å². The Morgan fingerprint density at radius 1 is 1.00 bits per heavy atom. The molecule has 36 heavy (non-hydrogen) atoms. The van der Waals surface area contributed by atoms with Crippen LogP contribution in [0, 0.1) is 5.82 Å². The predicted octanol–water partition coefficient (Wildman–Crippen LogP) is 4.78. The van der Waals surface area contributed by atoms with Crippen LogP contribution in [0.25, 0.3) is 6.08 Å². The van der Waals surface area contributed by atoms with Gasteiger partial charge in [-0.3, -0.25) is 19.3 Å². The second-order valence-electron chi connectivity index (χ2n) is 7.66. The van der Waals surface area contributed by atoms with Gasteiger partial charge in [-0.05, 0) is 65.4 Å². The molecule has 0 radical (unpaired) electrons. The average molecular weight is 507 g/mol. The first-order valence-corrected chi connectivity index (χ1v) is 11.5. The van der Waals surface area contributed by atoms with Crippen molar-refractivity contribution >= 4 is 46.5 Å². The zero-order valence-corrected chi connectivity index (χ0v) is 19.5. The molecule has 1 aliphatic heterocycles. The van der Waals surface area contributed by atoms with Crippen LogP contribution in [0.5, 0.6) is 5.75 Å². The fraction of sp³-hybridized carbons (Fsp3) is 0.0769. The van der Waals surface area contributed by atoms with E-state index < -0.39 is 35.4 Å². The van der Waals surface area contributed by atoms with E-state index >= 15 is 0 Å². The number of carboxylic acids is 1. The van der Waals surface area contributed by atoms with E-state index in [0.29, 0.717) is 23.1 Å². The van der Waals surface area contributed by atoms with Gasteiger partial charge < -0.3 is 15.2 Å². The summed E-state index contributed by atoms with van der Waals surface area (Å²) < 4.78 is 19.4. The smallest absolute Gasteiger partial charge is 0.335 e. The molecular formula is C26H19FN2O6S. The fourth-order valence-electron chi connectivity index (χ4n) is 3.25. The number of benzene rings is 3. The standard InChI is InChI=1S/C26H19FN2O6S/c27-20-3-1-2-4-21(20)28-23(30)14-29-24(31)22(36-26(29)34)13-16-7-11-19(12-8-16)35-15-17-5-9-18(10-6-17)25(32)33/h1-13H,14-15H2,(H,28,30)(H,32,33)/b22-13-. The van der Waals surface area contributed by atoms with Gasteiger partial charge in [0, 0.05) is 0 Å². The van der Waals surface area contributed by atoms with Crippen molar-refractivity contribution in [3.63, 3.8) is 0 Å². The summed E-state index contributed by atoms with van der Waals surface area (Å²) in [6.07, 6.45) is 1.54. The predicted molar refractivity (Wildman–Crippen MR) is 132 cm³/mol. The molecule has 0 aliphatic carbocycles. The lowest BCUT2D eigenvalue weighted by molar-refractivity contribution is -0.127. The number of ether oxygens (including phenoxy) is 1. The van der Waals surface area contributed by atoms with Gasteiger partial charge >= 0.3 is 5.97 Å². The van der Waals surface area contributed by atoms with Gasteiger partial charge in [-0.1, -0.05) is 36.4 Å². The number of nitrogens with one attached hydrogen (secondary N) is 1. The average Bonchev–Trinajstić information content (AvgIpc) is 3.12. The van der Waals surface area contributed by atoms with Crippen LogP contribution in [0.1, 0.15) is 21.5 Å². The summed E-state index contributed by atoms with van der Waals surface area (Å²) in [6.45, 7) is -0.288. The summed E-state index contributed by atoms with van der Waals surface area (Å²) >= 11 is 0.714. The molecular weight excluding hydrogens is 487 g/mol. The van der Waals surface area contributed by atoms with Crippen LogP contribution >= 0.6 is 11.8 Å². The Balaban J connectivity index is 1.34. The number of hydrogen-bond donors (Lipinski definition) is 2. The van der Waals surface area contributed by atoms with E-state index in [1.807, 2.05) is 0 Å². The summed E-state index contributed by atoms with van der Waals surface area (Å²) in [6, 6.07) is 18.8. The molecule has 1 fully saturated rings. The highest BCUT2D eigenvalue weighted by molar-refractivity contribution is 8.18. The Kier molecular flexibility index (Phi) is 7.45. The summed E-state index contributed by atoms with van der Waals surface area (Å²) in [5.41, 5.74) is 1.61. The Bertz CT molecular complexity index is 1360. The number of imide groups is 1. The maximum absolute atomic E-state index is 13.7. The lowest BCUT2D eigenvalue weighted by Gasteiger charge is -2.12. The third-order valence-electron chi connectivity index (χ3n) is 5.11. The number of carbonyl (C=O) groups is 4. The largest absolute Gasteiger partial charge is 0.489 e. The number of nitrogens with zero attached hydrogens (tertiary/aromatic N) is 1. The van der Waals surface area contributed by atoms with Crippen LogP contribution in [0.2, 0.25) is 0 Å². The molecule has 3 aromatic carbocycles. The Morgan fingerprint density at radius 2 is 1.69 bits per heavy atom. The Morgan fingerprint density at radius 3 is 2.36 bits per heavy atom. The van der Waals surface area contributed by atoms with E-state index in [9.17, 15) is 23.6 Å². The molecule has 2 N–H and O–H groups in total. The quantitative estimate of drug-likeness (QED) is 0.423. The first-order valence-electron chi connectivity index (χ1n) is 10.6. The minimum absolute atomic E-state index is 0.0374. The molecule has 4 rings (SSSR count). The van der Waals surface area contributed by atoms with Crippen LogP contribution in [-0.2, 0) is 16.2 Å². The van der Waals surface area contributed by atoms with Crippen molar-refractivity contribution in [2.45, 2.75) is 6.61 Å². The van der Waals surface area contributed by atoms with Gasteiger partial charge in [-0.25, -0.2) is 9.18 Å². The molecule has 0 bridgehead atoms.